The molecule has 3 heterocycles. The van der Waals surface area contributed by atoms with Crippen molar-refractivity contribution in [3.63, 3.8) is 0 Å². The zero-order valence-electron chi connectivity index (χ0n) is 11.2. The Labute approximate surface area is 111 Å². The summed E-state index contributed by atoms with van der Waals surface area (Å²) in [7, 11) is 3.63. The van der Waals surface area contributed by atoms with Gasteiger partial charge in [0.25, 0.3) is 5.88 Å². The maximum atomic E-state index is 11.9. The number of carbonyl (C=O) groups is 1. The molecule has 6 nitrogen and oxygen atoms in total. The van der Waals surface area contributed by atoms with Crippen molar-refractivity contribution in [2.24, 2.45) is 0 Å². The summed E-state index contributed by atoms with van der Waals surface area (Å²) in [6.07, 6.45) is 4.20. The highest BCUT2D eigenvalue weighted by Gasteiger charge is 2.40. The molecule has 2 fully saturated rings. The molecule has 1 aromatic heterocycles. The number of fused-ring (bicyclic) bond motifs is 2. The lowest BCUT2D eigenvalue weighted by molar-refractivity contribution is -0.00379. The van der Waals surface area contributed by atoms with E-state index in [0.717, 1.165) is 12.8 Å². The maximum absolute atomic E-state index is 11.9. The van der Waals surface area contributed by atoms with Crippen LogP contribution in [-0.4, -0.2) is 48.4 Å². The van der Waals surface area contributed by atoms with E-state index in [1.807, 2.05) is 0 Å². The molecule has 0 amide bonds. The predicted octanol–water partition coefficient (Wildman–Crippen LogP) is 1.47. The summed E-state index contributed by atoms with van der Waals surface area (Å²) in [4.78, 5) is 14.3. The van der Waals surface area contributed by atoms with Crippen molar-refractivity contribution in [3.8, 4) is 5.88 Å². The van der Waals surface area contributed by atoms with E-state index in [9.17, 15) is 4.79 Å². The fourth-order valence-electron chi connectivity index (χ4n) is 3.12. The summed E-state index contributed by atoms with van der Waals surface area (Å²) < 4.78 is 15.3. The largest absolute Gasteiger partial charge is 0.479 e. The zero-order chi connectivity index (χ0) is 13.4. The van der Waals surface area contributed by atoms with Gasteiger partial charge in [-0.3, -0.25) is 0 Å². The third-order valence-electron chi connectivity index (χ3n) is 4.23. The van der Waals surface area contributed by atoms with E-state index >= 15 is 0 Å². The van der Waals surface area contributed by atoms with Crippen molar-refractivity contribution in [2.75, 3.05) is 14.2 Å². The van der Waals surface area contributed by atoms with Gasteiger partial charge in [-0.1, -0.05) is 0 Å². The Kier molecular flexibility index (Phi) is 3.18. The summed E-state index contributed by atoms with van der Waals surface area (Å²) in [5, 5.41) is 3.60. The van der Waals surface area contributed by atoms with Gasteiger partial charge in [0.1, 0.15) is 6.10 Å². The van der Waals surface area contributed by atoms with E-state index in [-0.39, 0.29) is 17.7 Å². The number of carbonyl (C=O) groups excluding carboxylic acids is 1. The Bertz CT molecular complexity index is 459. The molecule has 0 saturated carbocycles. The molecule has 19 heavy (non-hydrogen) atoms. The third kappa shape index (κ3) is 2.32. The minimum Gasteiger partial charge on any atom is -0.479 e. The number of piperidine rings is 1. The van der Waals surface area contributed by atoms with Gasteiger partial charge in [-0.15, -0.1) is 0 Å². The Morgan fingerprint density at radius 2 is 2.11 bits per heavy atom. The third-order valence-corrected chi connectivity index (χ3v) is 4.23. The van der Waals surface area contributed by atoms with Crippen molar-refractivity contribution < 1.29 is 18.8 Å². The van der Waals surface area contributed by atoms with Crippen molar-refractivity contribution in [2.45, 2.75) is 43.9 Å². The van der Waals surface area contributed by atoms with Gasteiger partial charge in [-0.25, -0.2) is 4.79 Å². The second-order valence-corrected chi connectivity index (χ2v) is 5.28. The number of esters is 1. The summed E-state index contributed by atoms with van der Waals surface area (Å²) in [6, 6.07) is 2.54. The van der Waals surface area contributed by atoms with E-state index in [4.69, 9.17) is 14.0 Å². The van der Waals surface area contributed by atoms with E-state index < -0.39 is 5.97 Å². The van der Waals surface area contributed by atoms with Gasteiger partial charge in [0.05, 0.1) is 13.2 Å². The number of nitrogens with zero attached hydrogens (tertiary/aromatic N) is 2. The van der Waals surface area contributed by atoms with Gasteiger partial charge < -0.3 is 18.9 Å². The molecule has 2 unspecified atom stereocenters. The highest BCUT2D eigenvalue weighted by molar-refractivity contribution is 5.86. The van der Waals surface area contributed by atoms with Gasteiger partial charge in [0, 0.05) is 24.9 Å². The average molecular weight is 266 g/mol. The van der Waals surface area contributed by atoms with Gasteiger partial charge in [-0.2, -0.15) is 0 Å². The molecule has 2 aliphatic rings. The fourth-order valence-corrected chi connectivity index (χ4v) is 3.12. The second kappa shape index (κ2) is 4.85. The highest BCUT2D eigenvalue weighted by Crippen LogP contribution is 2.35. The number of hydrogen-bond acceptors (Lipinski definition) is 6. The first-order chi connectivity index (χ1) is 9.17. The Morgan fingerprint density at radius 1 is 1.42 bits per heavy atom. The molecule has 2 saturated heterocycles. The smallest absolute Gasteiger partial charge is 0.377 e. The van der Waals surface area contributed by atoms with Crippen LogP contribution in [0, 0.1) is 0 Å². The van der Waals surface area contributed by atoms with Gasteiger partial charge in [-0.05, 0) is 25.0 Å². The fraction of sp³-hybridized carbons (Fsp3) is 0.692. The molecule has 2 atom stereocenters. The van der Waals surface area contributed by atoms with Crippen molar-refractivity contribution in [1.82, 2.24) is 10.1 Å². The first kappa shape index (κ1) is 12.5. The lowest BCUT2D eigenvalue weighted by Gasteiger charge is -2.35. The zero-order valence-corrected chi connectivity index (χ0v) is 11.2. The number of ether oxygens (including phenoxy) is 2. The van der Waals surface area contributed by atoms with Crippen molar-refractivity contribution in [1.29, 1.82) is 0 Å². The average Bonchev–Trinajstić information content (AvgIpc) is 2.94. The minimum atomic E-state index is -0.454. The summed E-state index contributed by atoms with van der Waals surface area (Å²) in [5.74, 6) is -0.0664. The number of rotatable bonds is 3. The lowest BCUT2D eigenvalue weighted by Crippen LogP contribution is -2.43. The monoisotopic (exact) mass is 266 g/mol. The summed E-state index contributed by atoms with van der Waals surface area (Å²) >= 11 is 0. The maximum Gasteiger partial charge on any atom is 0.377 e. The van der Waals surface area contributed by atoms with Crippen LogP contribution >= 0.6 is 0 Å². The van der Waals surface area contributed by atoms with E-state index in [2.05, 4.69) is 17.1 Å². The Hall–Kier alpha value is -1.56. The SMILES string of the molecule is COc1cc(C(=O)OC2CC3CCC(C2)N3C)on1. The molecule has 104 valence electrons. The molecule has 0 N–H and O–H groups in total. The van der Waals surface area contributed by atoms with E-state index in [0.29, 0.717) is 12.1 Å². The molecule has 2 aliphatic heterocycles. The van der Waals surface area contributed by atoms with E-state index in [1.54, 1.807) is 0 Å². The van der Waals surface area contributed by atoms with Gasteiger partial charge in [0.2, 0.25) is 5.76 Å². The van der Waals surface area contributed by atoms with Crippen LogP contribution in [0.4, 0.5) is 0 Å². The molecule has 0 aliphatic carbocycles. The number of aromatic nitrogens is 1. The predicted molar refractivity (Wildman–Crippen MR) is 66.1 cm³/mol. The van der Waals surface area contributed by atoms with Gasteiger partial charge in [0.15, 0.2) is 0 Å². The first-order valence-electron chi connectivity index (χ1n) is 6.61. The van der Waals surface area contributed by atoms with E-state index in [1.165, 1.54) is 26.0 Å². The molecule has 0 radical (unpaired) electrons. The molecule has 0 spiro atoms. The quantitative estimate of drug-likeness (QED) is 0.772. The van der Waals surface area contributed by atoms with Crippen molar-refractivity contribution in [3.05, 3.63) is 11.8 Å². The molecule has 1 aromatic rings. The summed E-state index contributed by atoms with van der Waals surface area (Å²) in [5.41, 5.74) is 0. The second-order valence-electron chi connectivity index (χ2n) is 5.28. The van der Waals surface area contributed by atoms with Crippen LogP contribution in [0.3, 0.4) is 0 Å². The van der Waals surface area contributed by atoms with Crippen LogP contribution in [0.15, 0.2) is 10.6 Å². The summed E-state index contributed by atoms with van der Waals surface area (Å²) in [6.45, 7) is 0. The number of hydrogen-bond donors (Lipinski definition) is 0. The van der Waals surface area contributed by atoms with Crippen molar-refractivity contribution >= 4 is 5.97 Å². The van der Waals surface area contributed by atoms with Crippen LogP contribution < -0.4 is 4.74 Å². The van der Waals surface area contributed by atoms with Crippen LogP contribution in [-0.2, 0) is 4.74 Å². The highest BCUT2D eigenvalue weighted by atomic mass is 16.6. The standard InChI is InChI=1S/C13H18N2O4/c1-15-8-3-4-9(15)6-10(5-8)18-13(16)11-7-12(17-2)14-19-11/h7-10H,3-6H2,1-2H3. The molecular weight excluding hydrogens is 248 g/mol. The minimum absolute atomic E-state index is 0.0164. The topological polar surface area (TPSA) is 64.8 Å². The molecule has 6 heteroatoms. The first-order valence-corrected chi connectivity index (χ1v) is 6.61. The van der Waals surface area contributed by atoms with Crippen LogP contribution in [0.25, 0.3) is 0 Å². The van der Waals surface area contributed by atoms with Crippen LogP contribution in [0.1, 0.15) is 36.2 Å². The lowest BCUT2D eigenvalue weighted by atomic mass is 10.0. The van der Waals surface area contributed by atoms with Crippen LogP contribution in [0.5, 0.6) is 5.88 Å². The molecular formula is C13H18N2O4. The molecule has 0 aromatic carbocycles. The molecule has 3 rings (SSSR count). The Morgan fingerprint density at radius 3 is 2.68 bits per heavy atom. The Balaban J connectivity index is 1.61. The van der Waals surface area contributed by atoms with Crippen LogP contribution in [0.2, 0.25) is 0 Å². The normalized spacial score (nSPS) is 30.3. The molecule has 2 bridgehead atoms. The number of methoxy groups -OCH3 is 1. The van der Waals surface area contributed by atoms with Gasteiger partial charge >= 0.3 is 5.97 Å².